The molecule has 2 aromatic carbocycles. The minimum atomic E-state index is -0.979. The van der Waals surface area contributed by atoms with Crippen LogP contribution in [0.25, 0.3) is 22.5 Å². The van der Waals surface area contributed by atoms with Gasteiger partial charge in [0.25, 0.3) is 0 Å². The van der Waals surface area contributed by atoms with Gasteiger partial charge < -0.3 is 9.84 Å². The average Bonchev–Trinajstić information content (AvgIpc) is 2.82. The molecule has 178 valence electrons. The van der Waals surface area contributed by atoms with Crippen molar-refractivity contribution < 1.29 is 23.4 Å². The topological polar surface area (TPSA) is 94.3 Å². The molecule has 4 rings (SSSR count). The number of halogens is 2. The molecule has 1 N–H and O–H groups in total. The van der Waals surface area contributed by atoms with E-state index >= 15 is 0 Å². The molecule has 0 amide bonds. The molecule has 1 heterocycles. The Balaban J connectivity index is 1.55. The van der Waals surface area contributed by atoms with E-state index in [9.17, 15) is 18.4 Å². The number of aliphatic carboxylic acids is 1. The highest BCUT2D eigenvalue weighted by Gasteiger charge is 2.24. The lowest BCUT2D eigenvalue weighted by Gasteiger charge is -2.28. The molecule has 0 saturated heterocycles. The monoisotopic (exact) mass is 469 g/mol. The Morgan fingerprint density at radius 2 is 1.44 bits per heavy atom. The summed E-state index contributed by atoms with van der Waals surface area (Å²) in [7, 11) is 0. The van der Waals surface area contributed by atoms with E-state index in [0.717, 1.165) is 25.7 Å². The van der Waals surface area contributed by atoms with Crippen LogP contribution in [0.3, 0.4) is 0 Å². The number of nitrogens with zero attached hydrogens (tertiary/aromatic N) is 3. The maximum absolute atomic E-state index is 13.5. The summed E-state index contributed by atoms with van der Waals surface area (Å²) in [5.41, 5.74) is 1.37. The zero-order valence-corrected chi connectivity index (χ0v) is 18.5. The van der Waals surface area contributed by atoms with E-state index in [1.807, 2.05) is 0 Å². The predicted octanol–water partition coefficient (Wildman–Crippen LogP) is 4.16. The SMILES string of the molecule is O=C(O)COC[C@H]1CC[C@H](Cn2nc(-c3ccc(F)cc3)c(-c3ccc(F)cc3)nc2=O)CC1. The van der Waals surface area contributed by atoms with Crippen LogP contribution in [-0.2, 0) is 16.1 Å². The van der Waals surface area contributed by atoms with E-state index in [1.165, 1.54) is 41.1 Å². The van der Waals surface area contributed by atoms with Gasteiger partial charge in [-0.2, -0.15) is 10.1 Å². The average molecular weight is 469 g/mol. The third kappa shape index (κ3) is 5.91. The Morgan fingerprint density at radius 1 is 0.912 bits per heavy atom. The minimum absolute atomic E-state index is 0.223. The summed E-state index contributed by atoms with van der Waals surface area (Å²) in [4.78, 5) is 27.7. The number of carbonyl (C=O) groups is 1. The smallest absolute Gasteiger partial charge is 0.364 e. The Morgan fingerprint density at radius 3 is 2.00 bits per heavy atom. The van der Waals surface area contributed by atoms with E-state index in [0.29, 0.717) is 41.6 Å². The molecule has 0 unspecified atom stereocenters. The Hall–Kier alpha value is -3.46. The van der Waals surface area contributed by atoms with E-state index in [4.69, 9.17) is 9.84 Å². The summed E-state index contributed by atoms with van der Waals surface area (Å²) in [5, 5.41) is 13.3. The van der Waals surface area contributed by atoms with Crippen LogP contribution >= 0.6 is 0 Å². The van der Waals surface area contributed by atoms with E-state index in [-0.39, 0.29) is 12.5 Å². The molecule has 0 radical (unpaired) electrons. The molecule has 1 aromatic heterocycles. The van der Waals surface area contributed by atoms with E-state index < -0.39 is 23.3 Å². The zero-order valence-electron chi connectivity index (χ0n) is 18.5. The largest absolute Gasteiger partial charge is 0.480 e. The van der Waals surface area contributed by atoms with Crippen molar-refractivity contribution >= 4 is 5.97 Å². The maximum atomic E-state index is 13.5. The first kappa shape index (κ1) is 23.7. The van der Waals surface area contributed by atoms with Gasteiger partial charge in [0.05, 0.1) is 6.61 Å². The van der Waals surface area contributed by atoms with Crippen molar-refractivity contribution in [2.45, 2.75) is 32.2 Å². The molecule has 0 spiro atoms. The molecule has 0 bridgehead atoms. The van der Waals surface area contributed by atoms with Gasteiger partial charge in [-0.3, -0.25) is 0 Å². The van der Waals surface area contributed by atoms with Crippen molar-refractivity contribution in [1.29, 1.82) is 0 Å². The number of carboxylic acid groups (broad SMARTS) is 1. The lowest BCUT2D eigenvalue weighted by molar-refractivity contribution is -0.142. The quantitative estimate of drug-likeness (QED) is 0.533. The molecular weight excluding hydrogens is 444 g/mol. The Bertz CT molecular complexity index is 1190. The van der Waals surface area contributed by atoms with Gasteiger partial charge in [0.15, 0.2) is 0 Å². The Labute approximate surface area is 195 Å². The molecule has 1 fully saturated rings. The van der Waals surface area contributed by atoms with Crippen molar-refractivity contribution in [3.63, 3.8) is 0 Å². The lowest BCUT2D eigenvalue weighted by Crippen LogP contribution is -2.31. The Kier molecular flexibility index (Phi) is 7.42. The fourth-order valence-corrected chi connectivity index (χ4v) is 4.29. The van der Waals surface area contributed by atoms with Crippen molar-refractivity contribution in [3.8, 4) is 22.5 Å². The van der Waals surface area contributed by atoms with Gasteiger partial charge in [0.1, 0.15) is 29.6 Å². The van der Waals surface area contributed by atoms with E-state index in [1.54, 1.807) is 12.1 Å². The van der Waals surface area contributed by atoms with Crippen LogP contribution in [-0.4, -0.2) is 39.1 Å². The van der Waals surface area contributed by atoms with Gasteiger partial charge >= 0.3 is 11.7 Å². The van der Waals surface area contributed by atoms with Crippen molar-refractivity contribution in [1.82, 2.24) is 14.8 Å². The summed E-state index contributed by atoms with van der Waals surface area (Å²) < 4.78 is 33.5. The van der Waals surface area contributed by atoms with Gasteiger partial charge in [-0.25, -0.2) is 23.1 Å². The normalized spacial score (nSPS) is 18.1. The number of rotatable bonds is 8. The predicted molar refractivity (Wildman–Crippen MR) is 121 cm³/mol. The number of benzene rings is 2. The second-order valence-corrected chi connectivity index (χ2v) is 8.58. The number of hydrogen-bond donors (Lipinski definition) is 1. The molecule has 1 aliphatic rings. The van der Waals surface area contributed by atoms with Gasteiger partial charge in [-0.05, 0) is 86.1 Å². The van der Waals surface area contributed by atoms with Crippen LogP contribution in [0, 0.1) is 23.5 Å². The molecule has 0 aliphatic heterocycles. The standard InChI is InChI=1S/C25H25F2N3O4/c26-20-9-5-18(6-10-20)23-24(19-7-11-21(27)12-8-19)29-30(25(33)28-23)13-16-1-3-17(4-2-16)14-34-15-22(31)32/h5-12,16-17H,1-4,13-15H2,(H,31,32)/t16-,17-. The number of ether oxygens (including phenoxy) is 1. The maximum Gasteiger partial charge on any atom is 0.364 e. The fraction of sp³-hybridized carbons (Fsp3) is 0.360. The van der Waals surface area contributed by atoms with Crippen LogP contribution in [0.15, 0.2) is 53.3 Å². The fourth-order valence-electron chi connectivity index (χ4n) is 4.29. The first-order valence-electron chi connectivity index (χ1n) is 11.2. The first-order valence-corrected chi connectivity index (χ1v) is 11.2. The number of hydrogen-bond acceptors (Lipinski definition) is 5. The third-order valence-corrected chi connectivity index (χ3v) is 6.09. The van der Waals surface area contributed by atoms with Crippen LogP contribution in [0.5, 0.6) is 0 Å². The van der Waals surface area contributed by atoms with Crippen LogP contribution in [0.4, 0.5) is 8.78 Å². The highest BCUT2D eigenvalue weighted by atomic mass is 19.1. The minimum Gasteiger partial charge on any atom is -0.480 e. The summed E-state index contributed by atoms with van der Waals surface area (Å²) >= 11 is 0. The van der Waals surface area contributed by atoms with Crippen LogP contribution in [0.1, 0.15) is 25.7 Å². The van der Waals surface area contributed by atoms with Gasteiger partial charge in [-0.15, -0.1) is 0 Å². The van der Waals surface area contributed by atoms with Gasteiger partial charge in [-0.1, -0.05) is 0 Å². The highest BCUT2D eigenvalue weighted by Crippen LogP contribution is 2.31. The van der Waals surface area contributed by atoms with Gasteiger partial charge in [0.2, 0.25) is 0 Å². The van der Waals surface area contributed by atoms with Gasteiger partial charge in [0, 0.05) is 17.7 Å². The van der Waals surface area contributed by atoms with Crippen LogP contribution < -0.4 is 5.69 Å². The summed E-state index contributed by atoms with van der Waals surface area (Å²) in [6.45, 7) is 0.518. The van der Waals surface area contributed by atoms with Crippen molar-refractivity contribution in [2.24, 2.45) is 11.8 Å². The molecule has 1 saturated carbocycles. The summed E-state index contributed by atoms with van der Waals surface area (Å²) in [6.07, 6.45) is 3.48. The van der Waals surface area contributed by atoms with Crippen molar-refractivity contribution in [3.05, 3.63) is 70.6 Å². The lowest BCUT2D eigenvalue weighted by atomic mass is 9.82. The first-order chi connectivity index (χ1) is 16.4. The van der Waals surface area contributed by atoms with Crippen LogP contribution in [0.2, 0.25) is 0 Å². The van der Waals surface area contributed by atoms with E-state index in [2.05, 4.69) is 10.1 Å². The highest BCUT2D eigenvalue weighted by molar-refractivity contribution is 5.77. The number of aromatic nitrogens is 3. The number of carboxylic acids is 1. The molecule has 7 nitrogen and oxygen atoms in total. The molecule has 3 aromatic rings. The zero-order chi connectivity index (χ0) is 24.1. The molecule has 9 heteroatoms. The molecule has 1 aliphatic carbocycles. The molecular formula is C25H25F2N3O4. The summed E-state index contributed by atoms with van der Waals surface area (Å²) in [5.74, 6) is -1.25. The molecule has 34 heavy (non-hydrogen) atoms. The summed E-state index contributed by atoms with van der Waals surface area (Å²) in [6, 6.07) is 11.4. The molecule has 0 atom stereocenters. The third-order valence-electron chi connectivity index (χ3n) is 6.09. The second-order valence-electron chi connectivity index (χ2n) is 8.58. The van der Waals surface area contributed by atoms with Crippen molar-refractivity contribution in [2.75, 3.05) is 13.2 Å². The second kappa shape index (κ2) is 10.6.